The summed E-state index contributed by atoms with van der Waals surface area (Å²) in [5.41, 5.74) is 0. The van der Waals surface area contributed by atoms with E-state index in [1.54, 1.807) is 0 Å². The molecule has 0 bridgehead atoms. The highest BCUT2D eigenvalue weighted by Crippen LogP contribution is 2.34. The lowest BCUT2D eigenvalue weighted by Crippen LogP contribution is -2.49. The molecule has 2 amide bonds. The molecule has 0 aliphatic heterocycles. The van der Waals surface area contributed by atoms with Crippen LogP contribution in [0, 0.1) is 11.8 Å². The van der Waals surface area contributed by atoms with Crippen LogP contribution in [0.2, 0.25) is 0 Å². The highest BCUT2D eigenvalue weighted by atomic mass is 16.2. The van der Waals surface area contributed by atoms with Crippen molar-refractivity contribution in [3.63, 3.8) is 0 Å². The van der Waals surface area contributed by atoms with Gasteiger partial charge in [-0.05, 0) is 47.9 Å². The van der Waals surface area contributed by atoms with Crippen molar-refractivity contribution < 1.29 is 4.79 Å². The van der Waals surface area contributed by atoms with Crippen molar-refractivity contribution in [2.45, 2.75) is 64.6 Å². The van der Waals surface area contributed by atoms with Crippen molar-refractivity contribution in [1.82, 2.24) is 30.8 Å². The van der Waals surface area contributed by atoms with Crippen LogP contribution in [-0.4, -0.2) is 32.3 Å². The molecule has 7 nitrogen and oxygen atoms in total. The van der Waals surface area contributed by atoms with Crippen LogP contribution in [-0.2, 0) is 6.54 Å². The maximum atomic E-state index is 12.1. The minimum Gasteiger partial charge on any atom is -0.335 e. The number of amides is 2. The first-order chi connectivity index (χ1) is 10.1. The average Bonchev–Trinajstić information content (AvgIpc) is 3.19. The molecular formula is C14H24N6O. The topological polar surface area (TPSA) is 84.7 Å². The van der Waals surface area contributed by atoms with Crippen molar-refractivity contribution in [2.24, 2.45) is 11.8 Å². The summed E-state index contributed by atoms with van der Waals surface area (Å²) in [4.78, 5) is 12.1. The van der Waals surface area contributed by atoms with Crippen molar-refractivity contribution in [3.8, 4) is 0 Å². The van der Waals surface area contributed by atoms with E-state index in [4.69, 9.17) is 0 Å². The van der Waals surface area contributed by atoms with Gasteiger partial charge in [0.25, 0.3) is 0 Å². The summed E-state index contributed by atoms with van der Waals surface area (Å²) in [5, 5.41) is 17.7. The predicted molar refractivity (Wildman–Crippen MR) is 77.4 cm³/mol. The third-order valence-corrected chi connectivity index (χ3v) is 4.70. The molecule has 2 N–H and O–H groups in total. The van der Waals surface area contributed by atoms with E-state index < -0.39 is 0 Å². The highest BCUT2D eigenvalue weighted by molar-refractivity contribution is 5.74. The highest BCUT2D eigenvalue weighted by Gasteiger charge is 2.30. The first-order valence-corrected chi connectivity index (χ1v) is 7.96. The molecule has 0 spiro atoms. The normalized spacial score (nSPS) is 29.1. The van der Waals surface area contributed by atoms with Crippen LogP contribution in [0.5, 0.6) is 0 Å². The van der Waals surface area contributed by atoms with Gasteiger partial charge in [-0.2, -0.15) is 0 Å². The largest absolute Gasteiger partial charge is 0.335 e. The van der Waals surface area contributed by atoms with E-state index in [0.717, 1.165) is 18.7 Å². The van der Waals surface area contributed by atoms with Crippen LogP contribution in [0.1, 0.15) is 57.8 Å². The molecule has 1 heterocycles. The van der Waals surface area contributed by atoms with Gasteiger partial charge >= 0.3 is 6.03 Å². The minimum absolute atomic E-state index is 0.119. The Kier molecular flexibility index (Phi) is 4.07. The number of carbonyl (C=O) groups excluding carboxylic acids is 1. The standard InChI is InChI=1S/C14H24N6O/c1-9-4-3-5-10(2)13(9)16-14(21)15-8-12-17-18-19-20(12)11-6-7-11/h9-11,13H,3-8H2,1-2H3,(H2,15,16,21). The molecule has 1 aromatic heterocycles. The summed E-state index contributed by atoms with van der Waals surface area (Å²) in [6.45, 7) is 4.81. The molecule has 2 unspecified atom stereocenters. The number of nitrogens with zero attached hydrogens (tertiary/aromatic N) is 4. The van der Waals surface area contributed by atoms with E-state index in [1.807, 2.05) is 4.68 Å². The van der Waals surface area contributed by atoms with Crippen LogP contribution >= 0.6 is 0 Å². The van der Waals surface area contributed by atoms with Gasteiger partial charge in [0.1, 0.15) is 0 Å². The van der Waals surface area contributed by atoms with Gasteiger partial charge in [0.2, 0.25) is 0 Å². The monoisotopic (exact) mass is 292 g/mol. The molecule has 2 fully saturated rings. The molecule has 2 saturated carbocycles. The van der Waals surface area contributed by atoms with Gasteiger partial charge in [0.15, 0.2) is 5.82 Å². The molecule has 0 radical (unpaired) electrons. The first kappa shape index (κ1) is 14.3. The Balaban J connectivity index is 1.50. The lowest BCUT2D eigenvalue weighted by atomic mass is 9.79. The van der Waals surface area contributed by atoms with E-state index >= 15 is 0 Å². The smallest absolute Gasteiger partial charge is 0.315 e. The van der Waals surface area contributed by atoms with Gasteiger partial charge in [-0.25, -0.2) is 9.48 Å². The lowest BCUT2D eigenvalue weighted by Gasteiger charge is -2.35. The summed E-state index contributed by atoms with van der Waals surface area (Å²) in [5.74, 6) is 1.81. The quantitative estimate of drug-likeness (QED) is 0.883. The summed E-state index contributed by atoms with van der Waals surface area (Å²) in [6, 6.07) is 0.572. The maximum absolute atomic E-state index is 12.1. The Labute approximate surface area is 124 Å². The van der Waals surface area contributed by atoms with Crippen molar-refractivity contribution in [1.29, 1.82) is 0 Å². The SMILES string of the molecule is CC1CCCC(C)C1NC(=O)NCc1nnnn1C1CC1. The zero-order valence-electron chi connectivity index (χ0n) is 12.7. The Morgan fingerprint density at radius 3 is 2.62 bits per heavy atom. The van der Waals surface area contributed by atoms with Crippen molar-refractivity contribution in [2.75, 3.05) is 0 Å². The number of hydrogen-bond donors (Lipinski definition) is 2. The Hall–Kier alpha value is -1.66. The second-order valence-corrected chi connectivity index (χ2v) is 6.51. The maximum Gasteiger partial charge on any atom is 0.315 e. The zero-order chi connectivity index (χ0) is 14.8. The number of hydrogen-bond acceptors (Lipinski definition) is 4. The summed E-state index contributed by atoms with van der Waals surface area (Å²) < 4.78 is 1.83. The molecule has 1 aromatic rings. The van der Waals surface area contributed by atoms with Crippen molar-refractivity contribution >= 4 is 6.03 Å². The van der Waals surface area contributed by atoms with E-state index in [2.05, 4.69) is 40.0 Å². The molecule has 3 rings (SSSR count). The lowest BCUT2D eigenvalue weighted by molar-refractivity contribution is 0.194. The number of aromatic nitrogens is 4. The van der Waals surface area contributed by atoms with E-state index in [9.17, 15) is 4.79 Å². The molecule has 21 heavy (non-hydrogen) atoms. The molecule has 2 aliphatic carbocycles. The second-order valence-electron chi connectivity index (χ2n) is 6.51. The summed E-state index contributed by atoms with van der Waals surface area (Å²) >= 11 is 0. The Morgan fingerprint density at radius 2 is 1.95 bits per heavy atom. The molecular weight excluding hydrogens is 268 g/mol. The van der Waals surface area contributed by atoms with Gasteiger partial charge in [0.05, 0.1) is 12.6 Å². The summed E-state index contributed by atoms with van der Waals surface area (Å²) in [6.07, 6.45) is 5.89. The van der Waals surface area contributed by atoms with Crippen LogP contribution in [0.25, 0.3) is 0 Å². The molecule has 0 saturated heterocycles. The molecule has 116 valence electrons. The third-order valence-electron chi connectivity index (χ3n) is 4.70. The molecule has 2 atom stereocenters. The number of carbonyl (C=O) groups is 1. The first-order valence-electron chi connectivity index (χ1n) is 7.96. The van der Waals surface area contributed by atoms with Crippen molar-refractivity contribution in [3.05, 3.63) is 5.82 Å². The molecule has 2 aliphatic rings. The predicted octanol–water partition coefficient (Wildman–Crippen LogP) is 1.63. The van der Waals surface area contributed by atoms with Crippen LogP contribution in [0.4, 0.5) is 4.79 Å². The fourth-order valence-electron chi connectivity index (χ4n) is 3.26. The zero-order valence-corrected chi connectivity index (χ0v) is 12.7. The number of nitrogens with one attached hydrogen (secondary N) is 2. The Morgan fingerprint density at radius 1 is 1.24 bits per heavy atom. The number of urea groups is 1. The van der Waals surface area contributed by atoms with Gasteiger partial charge in [-0.15, -0.1) is 5.10 Å². The third kappa shape index (κ3) is 3.33. The van der Waals surface area contributed by atoms with Crippen LogP contribution < -0.4 is 10.6 Å². The summed E-state index contributed by atoms with van der Waals surface area (Å²) in [7, 11) is 0. The molecule has 7 heteroatoms. The number of tetrazole rings is 1. The van der Waals surface area contributed by atoms with E-state index in [0.29, 0.717) is 24.4 Å². The fraction of sp³-hybridized carbons (Fsp3) is 0.857. The molecule has 0 aromatic carbocycles. The second kappa shape index (κ2) is 5.99. The minimum atomic E-state index is -0.119. The van der Waals surface area contributed by atoms with Gasteiger partial charge in [0, 0.05) is 6.04 Å². The number of rotatable bonds is 4. The van der Waals surface area contributed by atoms with Crippen LogP contribution in [0.15, 0.2) is 0 Å². The van der Waals surface area contributed by atoms with Gasteiger partial charge in [-0.3, -0.25) is 0 Å². The van der Waals surface area contributed by atoms with E-state index in [1.165, 1.54) is 19.3 Å². The van der Waals surface area contributed by atoms with Gasteiger partial charge in [-0.1, -0.05) is 20.3 Å². The van der Waals surface area contributed by atoms with Gasteiger partial charge < -0.3 is 10.6 Å². The Bertz CT molecular complexity index is 487. The van der Waals surface area contributed by atoms with E-state index in [-0.39, 0.29) is 12.1 Å². The van der Waals surface area contributed by atoms with Crippen LogP contribution in [0.3, 0.4) is 0 Å². The average molecular weight is 292 g/mol. The fourth-order valence-corrected chi connectivity index (χ4v) is 3.26.